The third kappa shape index (κ3) is 6.60. The Hall–Kier alpha value is -3.40. The van der Waals surface area contributed by atoms with Crippen molar-refractivity contribution in [1.29, 1.82) is 0 Å². The number of carbonyl (C=O) groups excluding carboxylic acids is 2. The first-order valence-electron chi connectivity index (χ1n) is 11.7. The molecule has 4 rings (SSSR count). The number of hydrogen-bond acceptors (Lipinski definition) is 8. The number of amides is 2. The van der Waals surface area contributed by atoms with Gasteiger partial charge in [0.05, 0.1) is 5.75 Å². The van der Waals surface area contributed by atoms with Crippen molar-refractivity contribution in [2.24, 2.45) is 0 Å². The van der Waals surface area contributed by atoms with Crippen molar-refractivity contribution in [2.45, 2.75) is 44.1 Å². The lowest BCUT2D eigenvalue weighted by Gasteiger charge is -2.35. The largest absolute Gasteiger partial charge is 0.455 e. The Morgan fingerprint density at radius 1 is 1.14 bits per heavy atom. The van der Waals surface area contributed by atoms with E-state index in [-0.39, 0.29) is 23.5 Å². The summed E-state index contributed by atoms with van der Waals surface area (Å²) in [6, 6.07) is 9.26. The first kappa shape index (κ1) is 24.7. The highest BCUT2D eigenvalue weighted by atomic mass is 32.2. The van der Waals surface area contributed by atoms with Gasteiger partial charge in [0.25, 0.3) is 5.91 Å². The summed E-state index contributed by atoms with van der Waals surface area (Å²) in [4.78, 5) is 41.7. The van der Waals surface area contributed by atoms with Crippen molar-refractivity contribution in [2.75, 3.05) is 31.1 Å². The maximum Gasteiger partial charge on any atom is 0.287 e. The molecule has 4 heterocycles. The molecule has 1 aliphatic heterocycles. The number of nitrogens with one attached hydrogen (secondary N) is 1. The van der Waals surface area contributed by atoms with Crippen molar-refractivity contribution >= 4 is 29.4 Å². The van der Waals surface area contributed by atoms with E-state index in [1.54, 1.807) is 31.5 Å². The number of aromatic nitrogens is 3. The molecule has 0 spiro atoms. The van der Waals surface area contributed by atoms with Gasteiger partial charge in [0.1, 0.15) is 11.6 Å². The first-order chi connectivity index (χ1) is 16.9. The van der Waals surface area contributed by atoms with Crippen LogP contribution in [0.1, 0.15) is 54.3 Å². The number of pyridine rings is 1. The fourth-order valence-corrected chi connectivity index (χ4v) is 4.44. The lowest BCUT2D eigenvalue weighted by Crippen LogP contribution is -2.48. The first-order valence-corrected chi connectivity index (χ1v) is 12.7. The molecule has 184 valence electrons. The fraction of sp³-hybridized carbons (Fsp3) is 0.400. The van der Waals surface area contributed by atoms with Crippen LogP contribution in [0.15, 0.2) is 52.3 Å². The number of carbonyl (C=O) groups is 2. The number of piperazine rings is 1. The van der Waals surface area contributed by atoms with Gasteiger partial charge in [0.15, 0.2) is 10.9 Å². The van der Waals surface area contributed by atoms with Crippen LogP contribution in [-0.4, -0.2) is 57.8 Å². The van der Waals surface area contributed by atoms with E-state index < -0.39 is 0 Å². The quantitative estimate of drug-likeness (QED) is 0.375. The monoisotopic (exact) mass is 494 g/mol. The summed E-state index contributed by atoms with van der Waals surface area (Å²) >= 11 is 1.48. The molecule has 0 unspecified atom stereocenters. The van der Waals surface area contributed by atoms with Gasteiger partial charge >= 0.3 is 0 Å². The van der Waals surface area contributed by atoms with Crippen LogP contribution < -0.4 is 10.2 Å². The average Bonchev–Trinajstić information content (AvgIpc) is 3.36. The molecule has 0 atom stereocenters. The third-order valence-corrected chi connectivity index (χ3v) is 6.63. The molecule has 3 aromatic rings. The van der Waals surface area contributed by atoms with E-state index in [2.05, 4.69) is 29.0 Å². The standard InChI is InChI=1S/C25H30N6O3S/c1-17(2)21-13-23(31-11-9-30(10-12-31)18(3)32)29-25(28-21)35-16-20-6-7-22(34-20)24(33)27-15-19-5-4-8-26-14-19/h4-8,13-14,17H,9-12,15-16H2,1-3H3,(H,27,33). The zero-order valence-electron chi connectivity index (χ0n) is 20.2. The molecule has 1 saturated heterocycles. The van der Waals surface area contributed by atoms with E-state index in [1.807, 2.05) is 23.1 Å². The third-order valence-electron chi connectivity index (χ3n) is 5.76. The van der Waals surface area contributed by atoms with Crippen molar-refractivity contribution < 1.29 is 14.0 Å². The van der Waals surface area contributed by atoms with Gasteiger partial charge in [0.2, 0.25) is 5.91 Å². The van der Waals surface area contributed by atoms with Crippen LogP contribution in [0.3, 0.4) is 0 Å². The Kier molecular flexibility index (Phi) is 8.02. The molecule has 0 saturated carbocycles. The summed E-state index contributed by atoms with van der Waals surface area (Å²) in [5, 5.41) is 3.51. The van der Waals surface area contributed by atoms with Gasteiger partial charge in [-0.1, -0.05) is 31.7 Å². The van der Waals surface area contributed by atoms with Gasteiger partial charge in [0, 0.05) is 63.8 Å². The van der Waals surface area contributed by atoms with Crippen LogP contribution in [0.4, 0.5) is 5.82 Å². The molecule has 3 aromatic heterocycles. The van der Waals surface area contributed by atoms with Crippen LogP contribution in [-0.2, 0) is 17.1 Å². The molecule has 1 N–H and O–H groups in total. The fourth-order valence-electron chi connectivity index (χ4n) is 3.69. The van der Waals surface area contributed by atoms with Crippen molar-refractivity contribution in [1.82, 2.24) is 25.2 Å². The number of thioether (sulfide) groups is 1. The van der Waals surface area contributed by atoms with Gasteiger partial charge in [-0.3, -0.25) is 14.6 Å². The van der Waals surface area contributed by atoms with Crippen LogP contribution in [0, 0.1) is 0 Å². The van der Waals surface area contributed by atoms with E-state index in [0.29, 0.717) is 36.3 Å². The number of rotatable bonds is 8. The van der Waals surface area contributed by atoms with Gasteiger partial charge in [-0.25, -0.2) is 9.97 Å². The smallest absolute Gasteiger partial charge is 0.287 e. The van der Waals surface area contributed by atoms with Gasteiger partial charge in [-0.2, -0.15) is 0 Å². The van der Waals surface area contributed by atoms with Gasteiger partial charge in [-0.05, 0) is 29.7 Å². The lowest BCUT2D eigenvalue weighted by atomic mass is 10.1. The highest BCUT2D eigenvalue weighted by Crippen LogP contribution is 2.27. The minimum atomic E-state index is -0.268. The summed E-state index contributed by atoms with van der Waals surface area (Å²) in [5.41, 5.74) is 1.89. The Balaban J connectivity index is 1.38. The number of furan rings is 1. The minimum Gasteiger partial charge on any atom is -0.455 e. The van der Waals surface area contributed by atoms with Gasteiger partial charge in [-0.15, -0.1) is 0 Å². The van der Waals surface area contributed by atoms with Crippen molar-refractivity contribution in [3.63, 3.8) is 0 Å². The number of hydrogen-bond donors (Lipinski definition) is 1. The van der Waals surface area contributed by atoms with Crippen LogP contribution >= 0.6 is 11.8 Å². The summed E-state index contributed by atoms with van der Waals surface area (Å²) in [5.74, 6) is 2.43. The predicted octanol–water partition coefficient (Wildman–Crippen LogP) is 3.48. The SMILES string of the molecule is CC(=O)N1CCN(c2cc(C(C)C)nc(SCc3ccc(C(=O)NCc4cccnc4)o3)n2)CC1. The molecular formula is C25H30N6O3S. The van der Waals surface area contributed by atoms with E-state index >= 15 is 0 Å². The van der Waals surface area contributed by atoms with E-state index in [1.165, 1.54) is 11.8 Å². The Bertz CT molecular complexity index is 1160. The molecule has 0 aliphatic carbocycles. The molecule has 0 aromatic carbocycles. The molecule has 1 fully saturated rings. The normalized spacial score (nSPS) is 13.8. The molecule has 0 bridgehead atoms. The highest BCUT2D eigenvalue weighted by Gasteiger charge is 2.21. The Morgan fingerprint density at radius 3 is 2.63 bits per heavy atom. The van der Waals surface area contributed by atoms with E-state index in [0.717, 1.165) is 30.2 Å². The molecule has 2 amide bonds. The predicted molar refractivity (Wildman–Crippen MR) is 134 cm³/mol. The second kappa shape index (κ2) is 11.4. The van der Waals surface area contributed by atoms with Gasteiger partial charge < -0.3 is 19.5 Å². The second-order valence-corrected chi connectivity index (χ2v) is 9.62. The van der Waals surface area contributed by atoms with E-state index in [4.69, 9.17) is 14.4 Å². The molecule has 35 heavy (non-hydrogen) atoms. The summed E-state index contributed by atoms with van der Waals surface area (Å²) in [6.07, 6.45) is 3.41. The Morgan fingerprint density at radius 2 is 1.94 bits per heavy atom. The average molecular weight is 495 g/mol. The Labute approximate surface area is 209 Å². The zero-order valence-corrected chi connectivity index (χ0v) is 21.0. The van der Waals surface area contributed by atoms with Crippen LogP contribution in [0.2, 0.25) is 0 Å². The maximum absolute atomic E-state index is 12.4. The van der Waals surface area contributed by atoms with Crippen LogP contribution in [0.25, 0.3) is 0 Å². The molecule has 0 radical (unpaired) electrons. The van der Waals surface area contributed by atoms with E-state index in [9.17, 15) is 9.59 Å². The zero-order chi connectivity index (χ0) is 24.8. The molecular weight excluding hydrogens is 464 g/mol. The summed E-state index contributed by atoms with van der Waals surface area (Å²) in [7, 11) is 0. The lowest BCUT2D eigenvalue weighted by molar-refractivity contribution is -0.129. The number of nitrogens with zero attached hydrogens (tertiary/aromatic N) is 5. The highest BCUT2D eigenvalue weighted by molar-refractivity contribution is 7.98. The van der Waals surface area contributed by atoms with Crippen molar-refractivity contribution in [3.8, 4) is 0 Å². The molecule has 1 aliphatic rings. The minimum absolute atomic E-state index is 0.107. The second-order valence-electron chi connectivity index (χ2n) is 8.68. The van der Waals surface area contributed by atoms with Crippen LogP contribution in [0.5, 0.6) is 0 Å². The maximum atomic E-state index is 12.4. The van der Waals surface area contributed by atoms with Crippen molar-refractivity contribution in [3.05, 3.63) is 65.5 Å². The number of anilines is 1. The summed E-state index contributed by atoms with van der Waals surface area (Å²) in [6.45, 7) is 9.08. The molecule has 9 nitrogen and oxygen atoms in total. The summed E-state index contributed by atoms with van der Waals surface area (Å²) < 4.78 is 5.76. The topological polar surface area (TPSA) is 104 Å². The molecule has 10 heteroatoms.